The first kappa shape index (κ1) is 19.2. The molecule has 3 aromatic rings. The van der Waals surface area contributed by atoms with Crippen molar-refractivity contribution in [3.05, 3.63) is 34.6 Å². The van der Waals surface area contributed by atoms with Gasteiger partial charge in [-0.3, -0.25) is 0 Å². The van der Waals surface area contributed by atoms with Gasteiger partial charge in [0.2, 0.25) is 5.95 Å². The van der Waals surface area contributed by atoms with Crippen molar-refractivity contribution in [2.24, 2.45) is 0 Å². The smallest absolute Gasteiger partial charge is 0.224 e. The predicted octanol–water partition coefficient (Wildman–Crippen LogP) is 3.95. The zero-order valence-electron chi connectivity index (χ0n) is 14.6. The van der Waals surface area contributed by atoms with Crippen LogP contribution in [0.4, 0.5) is 5.95 Å². The third-order valence-corrected chi connectivity index (χ3v) is 6.06. The molecule has 0 fully saturated rings. The van der Waals surface area contributed by atoms with E-state index in [-0.39, 0.29) is 0 Å². The molecule has 0 saturated heterocycles. The Morgan fingerprint density at radius 2 is 1.96 bits per heavy atom. The van der Waals surface area contributed by atoms with E-state index in [4.69, 9.17) is 21.3 Å². The van der Waals surface area contributed by atoms with Crippen molar-refractivity contribution in [1.29, 1.82) is 0 Å². The maximum Gasteiger partial charge on any atom is 0.224 e. The molecule has 3 heterocycles. The third kappa shape index (κ3) is 4.39. The SMILES string of the molecule is CCOC(O)Cc1nc(-c2cnc(N(C)C)nc2)sc1-c1ccc(Cl)s1. The van der Waals surface area contributed by atoms with E-state index >= 15 is 0 Å². The minimum atomic E-state index is -0.892. The van der Waals surface area contributed by atoms with E-state index in [1.807, 2.05) is 38.1 Å². The molecule has 1 N–H and O–H groups in total. The number of anilines is 1. The Morgan fingerprint density at radius 1 is 1.23 bits per heavy atom. The van der Waals surface area contributed by atoms with Crippen molar-refractivity contribution >= 4 is 40.2 Å². The molecule has 1 unspecified atom stereocenters. The number of thiazole rings is 1. The van der Waals surface area contributed by atoms with Crippen LogP contribution in [0.1, 0.15) is 12.6 Å². The van der Waals surface area contributed by atoms with Gasteiger partial charge in [-0.2, -0.15) is 0 Å². The van der Waals surface area contributed by atoms with Crippen molar-refractivity contribution in [3.8, 4) is 20.3 Å². The largest absolute Gasteiger partial charge is 0.368 e. The van der Waals surface area contributed by atoms with Gasteiger partial charge in [0.25, 0.3) is 0 Å². The number of thiophene rings is 1. The van der Waals surface area contributed by atoms with Crippen molar-refractivity contribution < 1.29 is 9.84 Å². The summed E-state index contributed by atoms with van der Waals surface area (Å²) >= 11 is 9.11. The average molecular weight is 411 g/mol. The van der Waals surface area contributed by atoms with Gasteiger partial charge in [-0.1, -0.05) is 11.6 Å². The molecular weight excluding hydrogens is 392 g/mol. The topological polar surface area (TPSA) is 71.4 Å². The highest BCUT2D eigenvalue weighted by molar-refractivity contribution is 7.25. The molecule has 0 spiro atoms. The number of nitrogens with zero attached hydrogens (tertiary/aromatic N) is 4. The van der Waals surface area contributed by atoms with E-state index in [9.17, 15) is 5.11 Å². The number of aromatic nitrogens is 3. The molecule has 0 radical (unpaired) electrons. The molecule has 0 amide bonds. The zero-order valence-corrected chi connectivity index (χ0v) is 17.0. The highest BCUT2D eigenvalue weighted by atomic mass is 35.5. The van der Waals surface area contributed by atoms with Gasteiger partial charge in [-0.15, -0.1) is 22.7 Å². The quantitative estimate of drug-likeness (QED) is 0.595. The van der Waals surface area contributed by atoms with Crippen LogP contribution in [-0.2, 0) is 11.2 Å². The molecule has 1 atom stereocenters. The first-order chi connectivity index (χ1) is 12.5. The molecule has 26 heavy (non-hydrogen) atoms. The number of ether oxygens (including phenoxy) is 1. The second-order valence-corrected chi connectivity index (χ2v) is 8.39. The van der Waals surface area contributed by atoms with Crippen LogP contribution in [0.15, 0.2) is 24.5 Å². The summed E-state index contributed by atoms with van der Waals surface area (Å²) in [5, 5.41) is 10.8. The van der Waals surface area contributed by atoms with E-state index in [0.29, 0.717) is 23.3 Å². The fraction of sp³-hybridized carbons (Fsp3) is 0.353. The highest BCUT2D eigenvalue weighted by Gasteiger charge is 2.19. The number of aliphatic hydroxyl groups is 1. The second-order valence-electron chi connectivity index (χ2n) is 5.68. The molecule has 3 aromatic heterocycles. The van der Waals surface area contributed by atoms with Gasteiger partial charge in [0.15, 0.2) is 6.29 Å². The van der Waals surface area contributed by atoms with E-state index < -0.39 is 6.29 Å². The monoisotopic (exact) mass is 410 g/mol. The van der Waals surface area contributed by atoms with Crippen LogP contribution in [0.2, 0.25) is 4.34 Å². The zero-order chi connectivity index (χ0) is 18.7. The van der Waals surface area contributed by atoms with Crippen LogP contribution < -0.4 is 4.90 Å². The third-order valence-electron chi connectivity index (χ3n) is 3.51. The molecule has 0 aliphatic carbocycles. The standard InChI is InChI=1S/C17H19ClN4O2S2/c1-4-24-14(23)7-11-15(12-5-6-13(18)25-12)26-16(21-11)10-8-19-17(20-9-10)22(2)3/h5-6,8-9,14,23H,4,7H2,1-3H3. The summed E-state index contributed by atoms with van der Waals surface area (Å²) in [5.74, 6) is 0.641. The van der Waals surface area contributed by atoms with Gasteiger partial charge in [-0.05, 0) is 19.1 Å². The number of hydrogen-bond acceptors (Lipinski definition) is 8. The van der Waals surface area contributed by atoms with Crippen LogP contribution in [-0.4, -0.2) is 47.1 Å². The molecule has 6 nitrogen and oxygen atoms in total. The summed E-state index contributed by atoms with van der Waals surface area (Å²) in [6.45, 7) is 2.29. The molecule has 0 aromatic carbocycles. The summed E-state index contributed by atoms with van der Waals surface area (Å²) < 4.78 is 5.98. The first-order valence-corrected chi connectivity index (χ1v) is 10.0. The van der Waals surface area contributed by atoms with Gasteiger partial charge in [0.1, 0.15) is 5.01 Å². The molecule has 0 aliphatic rings. The van der Waals surface area contributed by atoms with Crippen molar-refractivity contribution in [2.75, 3.05) is 25.6 Å². The maximum absolute atomic E-state index is 10.0. The van der Waals surface area contributed by atoms with Crippen LogP contribution >= 0.6 is 34.3 Å². The van der Waals surface area contributed by atoms with Crippen LogP contribution in [0.3, 0.4) is 0 Å². The lowest BCUT2D eigenvalue weighted by Gasteiger charge is -2.09. The minimum absolute atomic E-state index is 0.311. The van der Waals surface area contributed by atoms with E-state index in [0.717, 1.165) is 26.0 Å². The van der Waals surface area contributed by atoms with E-state index in [1.165, 1.54) is 22.7 Å². The van der Waals surface area contributed by atoms with Gasteiger partial charge in [0.05, 0.1) is 14.9 Å². The van der Waals surface area contributed by atoms with Gasteiger partial charge >= 0.3 is 0 Å². The van der Waals surface area contributed by atoms with Crippen molar-refractivity contribution in [2.45, 2.75) is 19.6 Å². The lowest BCUT2D eigenvalue weighted by molar-refractivity contribution is -0.0931. The minimum Gasteiger partial charge on any atom is -0.368 e. The average Bonchev–Trinajstić information content (AvgIpc) is 3.21. The summed E-state index contributed by atoms with van der Waals surface area (Å²) in [5.41, 5.74) is 1.61. The fourth-order valence-electron chi connectivity index (χ4n) is 2.32. The number of rotatable bonds is 7. The maximum atomic E-state index is 10.0. The Labute approximate surface area is 165 Å². The van der Waals surface area contributed by atoms with Crippen LogP contribution in [0.25, 0.3) is 20.3 Å². The lowest BCUT2D eigenvalue weighted by Crippen LogP contribution is -2.15. The van der Waals surface area contributed by atoms with Gasteiger partial charge in [0, 0.05) is 50.0 Å². The van der Waals surface area contributed by atoms with Crippen LogP contribution in [0.5, 0.6) is 0 Å². The Hall–Kier alpha value is -1.58. The molecule has 9 heteroatoms. The second kappa shape index (κ2) is 8.41. The Morgan fingerprint density at radius 3 is 2.54 bits per heavy atom. The summed E-state index contributed by atoms with van der Waals surface area (Å²) in [6.07, 6.45) is 2.94. The number of hydrogen-bond donors (Lipinski definition) is 1. The van der Waals surface area contributed by atoms with E-state index in [2.05, 4.69) is 9.97 Å². The summed E-state index contributed by atoms with van der Waals surface area (Å²) in [4.78, 5) is 17.2. The molecular formula is C17H19ClN4O2S2. The van der Waals surface area contributed by atoms with Gasteiger partial charge in [-0.25, -0.2) is 15.0 Å². The Balaban J connectivity index is 1.97. The number of halogens is 1. The molecule has 0 aliphatic heterocycles. The Kier molecular flexibility index (Phi) is 6.20. The molecule has 0 bridgehead atoms. The normalized spacial score (nSPS) is 12.3. The lowest BCUT2D eigenvalue weighted by atomic mass is 10.2. The highest BCUT2D eigenvalue weighted by Crippen LogP contribution is 2.40. The fourth-order valence-corrected chi connectivity index (χ4v) is 4.56. The van der Waals surface area contributed by atoms with Gasteiger partial charge < -0.3 is 14.7 Å². The van der Waals surface area contributed by atoms with Crippen LogP contribution in [0, 0.1) is 0 Å². The number of aliphatic hydroxyl groups excluding tert-OH is 1. The summed E-state index contributed by atoms with van der Waals surface area (Å²) in [7, 11) is 3.79. The van der Waals surface area contributed by atoms with Crippen molar-refractivity contribution in [3.63, 3.8) is 0 Å². The molecule has 3 rings (SSSR count). The van der Waals surface area contributed by atoms with Crippen molar-refractivity contribution in [1.82, 2.24) is 15.0 Å². The molecule has 0 saturated carbocycles. The molecule has 138 valence electrons. The van der Waals surface area contributed by atoms with E-state index in [1.54, 1.807) is 12.4 Å². The Bertz CT molecular complexity index is 864. The predicted molar refractivity (Wildman–Crippen MR) is 107 cm³/mol. The first-order valence-electron chi connectivity index (χ1n) is 8.02. The summed E-state index contributed by atoms with van der Waals surface area (Å²) in [6, 6.07) is 3.82.